The first-order valence-electron chi connectivity index (χ1n) is 6.70. The molecule has 0 saturated carbocycles. The summed E-state index contributed by atoms with van der Waals surface area (Å²) in [4.78, 5) is 5.00. The molecular weight excluding hydrogens is 341 g/mol. The monoisotopic (exact) mass is 351 g/mol. The van der Waals surface area contributed by atoms with Gasteiger partial charge in [-0.15, -0.1) is 0 Å². The molecule has 0 aliphatic rings. The molecule has 1 aromatic heterocycles. The summed E-state index contributed by atoms with van der Waals surface area (Å²) < 4.78 is 47.0. The summed E-state index contributed by atoms with van der Waals surface area (Å²) >= 11 is 1.39. The fourth-order valence-electron chi connectivity index (χ4n) is 1.89. The number of hydrogen-bond acceptors (Lipinski definition) is 5. The first kappa shape index (κ1) is 16.4. The topological polar surface area (TPSA) is 48.2 Å². The normalized spacial score (nSPS) is 11.5. The van der Waals surface area contributed by atoms with Crippen molar-refractivity contribution in [2.75, 3.05) is 7.11 Å². The van der Waals surface area contributed by atoms with Gasteiger partial charge in [0.25, 0.3) is 0 Å². The number of benzene rings is 2. The molecular formula is C16H10F3N2O2S. The fraction of sp³-hybridized carbons (Fsp3) is 0.125. The minimum Gasteiger partial charge on any atom is -0.497 e. The summed E-state index contributed by atoms with van der Waals surface area (Å²) in [5.41, 5.74) is 0.415. The highest BCUT2D eigenvalue weighted by atomic mass is 32.2. The van der Waals surface area contributed by atoms with E-state index in [0.29, 0.717) is 16.2 Å². The van der Waals surface area contributed by atoms with E-state index in [2.05, 4.69) is 20.7 Å². The Morgan fingerprint density at radius 1 is 1.21 bits per heavy atom. The lowest BCUT2D eigenvalue weighted by Gasteiger charge is -2.05. The quantitative estimate of drug-likeness (QED) is 0.681. The van der Waals surface area contributed by atoms with Crippen LogP contribution in [-0.2, 0) is 6.18 Å². The largest absolute Gasteiger partial charge is 0.497 e. The summed E-state index contributed by atoms with van der Waals surface area (Å²) in [5.74, 6) is -0.778. The third kappa shape index (κ3) is 3.70. The average molecular weight is 351 g/mol. The third-order valence-corrected chi connectivity index (χ3v) is 3.92. The Hall–Kier alpha value is -2.48. The van der Waals surface area contributed by atoms with Crippen LogP contribution in [0.15, 0.2) is 56.8 Å². The number of ether oxygens (including phenoxy) is 1. The second kappa shape index (κ2) is 6.56. The van der Waals surface area contributed by atoms with Crippen molar-refractivity contribution in [3.8, 4) is 17.1 Å². The van der Waals surface area contributed by atoms with E-state index >= 15 is 0 Å². The van der Waals surface area contributed by atoms with Gasteiger partial charge in [-0.25, -0.2) is 0 Å². The molecule has 1 heterocycles. The zero-order valence-corrected chi connectivity index (χ0v) is 13.1. The summed E-state index contributed by atoms with van der Waals surface area (Å²) in [6, 6.07) is 15.2. The van der Waals surface area contributed by atoms with Crippen LogP contribution in [0.2, 0.25) is 0 Å². The van der Waals surface area contributed by atoms with Crippen molar-refractivity contribution in [1.29, 1.82) is 0 Å². The molecule has 0 amide bonds. The Labute approximate surface area is 139 Å². The van der Waals surface area contributed by atoms with Gasteiger partial charge in [0.1, 0.15) is 5.75 Å². The summed E-state index contributed by atoms with van der Waals surface area (Å²) in [5, 5.41) is 3.38. The highest BCUT2D eigenvalue weighted by molar-refractivity contribution is 7.99. The SMILES string of the molecule is COc1cccc(Sc2[c]ccc(-c3noc(C(F)(F)F)n3)c2)c1. The molecule has 2 aromatic carbocycles. The molecule has 0 unspecified atom stereocenters. The lowest BCUT2D eigenvalue weighted by atomic mass is 10.2. The van der Waals surface area contributed by atoms with Crippen molar-refractivity contribution < 1.29 is 22.4 Å². The maximum Gasteiger partial charge on any atom is 0.471 e. The van der Waals surface area contributed by atoms with Crippen molar-refractivity contribution in [3.05, 3.63) is 54.4 Å². The number of hydrogen-bond donors (Lipinski definition) is 0. The smallest absolute Gasteiger partial charge is 0.471 e. The van der Waals surface area contributed by atoms with Crippen molar-refractivity contribution in [1.82, 2.24) is 10.1 Å². The Bertz CT molecular complexity index is 849. The van der Waals surface area contributed by atoms with Crippen LogP contribution in [0, 0.1) is 6.07 Å². The van der Waals surface area contributed by atoms with E-state index in [0.717, 1.165) is 4.90 Å². The molecule has 4 nitrogen and oxygen atoms in total. The average Bonchev–Trinajstić information content (AvgIpc) is 3.06. The van der Waals surface area contributed by atoms with Crippen LogP contribution < -0.4 is 4.74 Å². The Morgan fingerprint density at radius 3 is 2.75 bits per heavy atom. The number of alkyl halides is 3. The second-order valence-corrected chi connectivity index (χ2v) is 5.76. The van der Waals surface area contributed by atoms with Crippen molar-refractivity contribution >= 4 is 11.8 Å². The molecule has 24 heavy (non-hydrogen) atoms. The van der Waals surface area contributed by atoms with Crippen LogP contribution in [0.5, 0.6) is 5.75 Å². The molecule has 123 valence electrons. The molecule has 8 heteroatoms. The zero-order valence-electron chi connectivity index (χ0n) is 12.3. The van der Waals surface area contributed by atoms with Gasteiger partial charge in [0, 0.05) is 15.4 Å². The standard InChI is InChI=1S/C16H10F3N2O2S/c1-22-11-5-3-7-13(9-11)24-12-6-2-4-10(8-12)14-20-15(23-21-14)16(17,18)19/h2-5,7-9H,1H3. The van der Waals surface area contributed by atoms with E-state index in [1.54, 1.807) is 25.3 Å². The second-order valence-electron chi connectivity index (χ2n) is 4.64. The van der Waals surface area contributed by atoms with Gasteiger partial charge >= 0.3 is 12.1 Å². The summed E-state index contributed by atoms with van der Waals surface area (Å²) in [7, 11) is 1.57. The van der Waals surface area contributed by atoms with E-state index in [4.69, 9.17) is 4.74 Å². The molecule has 1 radical (unpaired) electrons. The van der Waals surface area contributed by atoms with Crippen LogP contribution in [-0.4, -0.2) is 17.3 Å². The van der Waals surface area contributed by atoms with Gasteiger partial charge in [-0.2, -0.15) is 18.2 Å². The van der Waals surface area contributed by atoms with E-state index in [1.165, 1.54) is 11.8 Å². The Morgan fingerprint density at radius 2 is 2.04 bits per heavy atom. The van der Waals surface area contributed by atoms with Crippen LogP contribution in [0.1, 0.15) is 5.89 Å². The summed E-state index contributed by atoms with van der Waals surface area (Å²) in [6.07, 6.45) is -4.66. The predicted molar refractivity (Wildman–Crippen MR) is 80.7 cm³/mol. The van der Waals surface area contributed by atoms with Gasteiger partial charge in [0.15, 0.2) is 0 Å². The molecule has 0 aliphatic heterocycles. The maximum atomic E-state index is 12.5. The zero-order chi connectivity index (χ0) is 17.2. The fourth-order valence-corrected chi connectivity index (χ4v) is 2.78. The van der Waals surface area contributed by atoms with Crippen molar-refractivity contribution in [2.24, 2.45) is 0 Å². The molecule has 0 aliphatic carbocycles. The lowest BCUT2D eigenvalue weighted by molar-refractivity contribution is -0.159. The molecule has 0 N–H and O–H groups in total. The number of methoxy groups -OCH3 is 1. The molecule has 3 aromatic rings. The van der Waals surface area contributed by atoms with Crippen molar-refractivity contribution in [3.63, 3.8) is 0 Å². The predicted octanol–water partition coefficient (Wildman–Crippen LogP) is 4.72. The first-order valence-corrected chi connectivity index (χ1v) is 7.52. The van der Waals surface area contributed by atoms with Crippen molar-refractivity contribution in [2.45, 2.75) is 16.0 Å². The van der Waals surface area contributed by atoms with Crippen LogP contribution >= 0.6 is 11.8 Å². The van der Waals surface area contributed by atoms with E-state index in [9.17, 15) is 13.2 Å². The van der Waals surface area contributed by atoms with E-state index in [-0.39, 0.29) is 5.82 Å². The first-order chi connectivity index (χ1) is 11.5. The lowest BCUT2D eigenvalue weighted by Crippen LogP contribution is -2.04. The molecule has 0 atom stereocenters. The molecule has 0 bridgehead atoms. The number of halogens is 3. The van der Waals surface area contributed by atoms with E-state index in [1.807, 2.05) is 24.3 Å². The third-order valence-electron chi connectivity index (χ3n) is 2.97. The van der Waals surface area contributed by atoms with Gasteiger partial charge in [-0.3, -0.25) is 0 Å². The summed E-state index contributed by atoms with van der Waals surface area (Å²) in [6.45, 7) is 0. The Balaban J connectivity index is 1.85. The minimum atomic E-state index is -4.66. The Kier molecular flexibility index (Phi) is 4.48. The number of rotatable bonds is 4. The van der Waals surface area contributed by atoms with Gasteiger partial charge in [-0.1, -0.05) is 35.1 Å². The number of aromatic nitrogens is 2. The van der Waals surface area contributed by atoms with Gasteiger partial charge in [-0.05, 0) is 30.3 Å². The van der Waals surface area contributed by atoms with Gasteiger partial charge in [0.2, 0.25) is 5.82 Å². The molecule has 0 fully saturated rings. The molecule has 0 spiro atoms. The molecule has 0 saturated heterocycles. The van der Waals surface area contributed by atoms with Crippen LogP contribution in [0.3, 0.4) is 0 Å². The van der Waals surface area contributed by atoms with Gasteiger partial charge < -0.3 is 9.26 Å². The minimum absolute atomic E-state index is 0.121. The number of nitrogens with zero attached hydrogens (tertiary/aromatic N) is 2. The van der Waals surface area contributed by atoms with Crippen LogP contribution in [0.4, 0.5) is 13.2 Å². The van der Waals surface area contributed by atoms with E-state index < -0.39 is 12.1 Å². The highest BCUT2D eigenvalue weighted by Gasteiger charge is 2.38. The highest BCUT2D eigenvalue weighted by Crippen LogP contribution is 2.33. The maximum absolute atomic E-state index is 12.5. The molecule has 3 rings (SSSR count). The van der Waals surface area contributed by atoms with Crippen LogP contribution in [0.25, 0.3) is 11.4 Å². The van der Waals surface area contributed by atoms with Gasteiger partial charge in [0.05, 0.1) is 7.11 Å².